The van der Waals surface area contributed by atoms with Crippen LogP contribution in [0.4, 0.5) is 4.39 Å². The number of nitrogens with zero attached hydrogens (tertiary/aromatic N) is 1. The second-order valence-electron chi connectivity index (χ2n) is 3.82. The maximum Gasteiger partial charge on any atom is 0.256 e. The molecule has 4 nitrogen and oxygen atoms in total. The Morgan fingerprint density at radius 3 is 2.89 bits per heavy atom. The largest absolute Gasteiger partial charge is 0.494 e. The van der Waals surface area contributed by atoms with Gasteiger partial charge in [0.15, 0.2) is 17.3 Å². The Bertz CT molecular complexity index is 597. The summed E-state index contributed by atoms with van der Waals surface area (Å²) < 4.78 is 23.4. The molecule has 1 heterocycles. The molecule has 100 valence electrons. The van der Waals surface area contributed by atoms with Gasteiger partial charge in [-0.1, -0.05) is 11.8 Å². The fourth-order valence-corrected chi connectivity index (χ4v) is 2.20. The van der Waals surface area contributed by atoms with E-state index in [4.69, 9.17) is 9.15 Å². The Labute approximate surface area is 114 Å². The smallest absolute Gasteiger partial charge is 0.256 e. The van der Waals surface area contributed by atoms with Gasteiger partial charge >= 0.3 is 0 Å². The molecule has 1 aromatic carbocycles. The lowest BCUT2D eigenvalue weighted by atomic mass is 10.1. The predicted octanol–water partition coefficient (Wildman–Crippen LogP) is 3.11. The average Bonchev–Trinajstić information content (AvgIpc) is 2.81. The second-order valence-corrected chi connectivity index (χ2v) is 4.74. The first-order valence-electron chi connectivity index (χ1n) is 5.52. The number of benzene rings is 1. The number of carbonyl (C=O) groups excluding carboxylic acids is 1. The van der Waals surface area contributed by atoms with E-state index in [9.17, 15) is 9.18 Å². The number of methoxy groups -OCH3 is 1. The summed E-state index contributed by atoms with van der Waals surface area (Å²) in [6.45, 7) is 1.80. The third-order valence-electron chi connectivity index (χ3n) is 2.40. The van der Waals surface area contributed by atoms with Crippen LogP contribution in [0.2, 0.25) is 0 Å². The average molecular weight is 281 g/mol. The summed E-state index contributed by atoms with van der Waals surface area (Å²) in [6, 6.07) is 4.14. The van der Waals surface area contributed by atoms with Gasteiger partial charge in [0, 0.05) is 5.56 Å². The number of thioether (sulfide) groups is 1. The van der Waals surface area contributed by atoms with Gasteiger partial charge in [-0.25, -0.2) is 9.37 Å². The number of oxazole rings is 1. The highest BCUT2D eigenvalue weighted by atomic mass is 32.2. The lowest BCUT2D eigenvalue weighted by Crippen LogP contribution is -2.03. The standard InChI is InChI=1S/C13H12FNO3S/c1-8-6-18-13(15-8)19-7-11(16)9-3-4-12(17-2)10(14)5-9/h3-6H,7H2,1-2H3. The van der Waals surface area contributed by atoms with E-state index in [2.05, 4.69) is 4.98 Å². The fraction of sp³-hybridized carbons (Fsp3) is 0.231. The third kappa shape index (κ3) is 3.35. The zero-order valence-electron chi connectivity index (χ0n) is 10.5. The minimum absolute atomic E-state index is 0.118. The zero-order valence-corrected chi connectivity index (χ0v) is 11.3. The first-order valence-corrected chi connectivity index (χ1v) is 6.50. The molecular formula is C13H12FNO3S. The molecule has 0 saturated heterocycles. The molecule has 19 heavy (non-hydrogen) atoms. The van der Waals surface area contributed by atoms with Gasteiger partial charge in [-0.3, -0.25) is 4.79 Å². The van der Waals surface area contributed by atoms with E-state index in [1.165, 1.54) is 43.3 Å². The molecule has 1 aromatic heterocycles. The first-order chi connectivity index (χ1) is 9.10. The maximum absolute atomic E-state index is 13.5. The van der Waals surface area contributed by atoms with Crippen molar-refractivity contribution in [1.29, 1.82) is 0 Å². The van der Waals surface area contributed by atoms with E-state index in [-0.39, 0.29) is 17.3 Å². The maximum atomic E-state index is 13.5. The Balaban J connectivity index is 2.01. The topological polar surface area (TPSA) is 52.3 Å². The molecule has 6 heteroatoms. The molecule has 0 N–H and O–H groups in total. The van der Waals surface area contributed by atoms with Gasteiger partial charge in [0.25, 0.3) is 5.22 Å². The number of aryl methyl sites for hydroxylation is 1. The summed E-state index contributed by atoms with van der Waals surface area (Å²) in [5, 5.41) is 0.430. The number of hydrogen-bond donors (Lipinski definition) is 0. The number of rotatable bonds is 5. The van der Waals surface area contributed by atoms with Crippen molar-refractivity contribution >= 4 is 17.5 Å². The van der Waals surface area contributed by atoms with Crippen LogP contribution in [0, 0.1) is 12.7 Å². The Hall–Kier alpha value is -1.82. The highest BCUT2D eigenvalue weighted by Crippen LogP contribution is 2.21. The van der Waals surface area contributed by atoms with E-state index >= 15 is 0 Å². The molecule has 0 radical (unpaired) electrons. The minimum atomic E-state index is -0.551. The summed E-state index contributed by atoms with van der Waals surface area (Å²) in [5.74, 6) is -0.480. The molecule has 0 bridgehead atoms. The van der Waals surface area contributed by atoms with Crippen LogP contribution in [-0.2, 0) is 0 Å². The van der Waals surface area contributed by atoms with Gasteiger partial charge in [0.2, 0.25) is 0 Å². The number of carbonyl (C=O) groups is 1. The fourth-order valence-electron chi connectivity index (χ4n) is 1.45. The molecule has 0 spiro atoms. The van der Waals surface area contributed by atoms with E-state index in [1.54, 1.807) is 6.92 Å². The van der Waals surface area contributed by atoms with Gasteiger partial charge in [0.05, 0.1) is 18.6 Å². The second kappa shape index (κ2) is 5.88. The van der Waals surface area contributed by atoms with E-state index in [0.717, 1.165) is 5.69 Å². The number of Topliss-reactive ketones (excluding diaryl/α,β-unsaturated/α-hetero) is 1. The van der Waals surface area contributed by atoms with Gasteiger partial charge in [0.1, 0.15) is 6.26 Å². The van der Waals surface area contributed by atoms with Crippen molar-refractivity contribution in [3.8, 4) is 5.75 Å². The van der Waals surface area contributed by atoms with Gasteiger partial charge in [-0.05, 0) is 25.1 Å². The predicted molar refractivity (Wildman–Crippen MR) is 69.2 cm³/mol. The number of ketones is 1. The summed E-state index contributed by atoms with van der Waals surface area (Å²) in [5.41, 5.74) is 1.06. The number of ether oxygens (including phenoxy) is 1. The van der Waals surface area contributed by atoms with Crippen LogP contribution in [-0.4, -0.2) is 23.6 Å². The normalized spacial score (nSPS) is 10.5. The summed E-state index contributed by atoms with van der Waals surface area (Å²) in [7, 11) is 1.38. The van der Waals surface area contributed by atoms with E-state index < -0.39 is 5.82 Å². The third-order valence-corrected chi connectivity index (χ3v) is 3.24. The molecule has 0 saturated carbocycles. The Morgan fingerprint density at radius 2 is 2.32 bits per heavy atom. The van der Waals surface area contributed by atoms with Crippen LogP contribution >= 0.6 is 11.8 Å². The van der Waals surface area contributed by atoms with Crippen molar-refractivity contribution in [2.24, 2.45) is 0 Å². The SMILES string of the molecule is COc1ccc(C(=O)CSc2nc(C)co2)cc1F. The van der Waals surface area contributed by atoms with Crippen molar-refractivity contribution < 1.29 is 18.3 Å². The number of hydrogen-bond acceptors (Lipinski definition) is 5. The summed E-state index contributed by atoms with van der Waals surface area (Å²) >= 11 is 1.18. The Kier molecular flexibility index (Phi) is 4.21. The minimum Gasteiger partial charge on any atom is -0.494 e. The van der Waals surface area contributed by atoms with E-state index in [0.29, 0.717) is 10.8 Å². The van der Waals surface area contributed by atoms with Crippen molar-refractivity contribution in [2.45, 2.75) is 12.1 Å². The molecule has 2 rings (SSSR count). The highest BCUT2D eigenvalue weighted by Gasteiger charge is 2.12. The summed E-state index contributed by atoms with van der Waals surface area (Å²) in [4.78, 5) is 16.0. The number of aromatic nitrogens is 1. The molecule has 0 unspecified atom stereocenters. The zero-order chi connectivity index (χ0) is 13.8. The van der Waals surface area contributed by atoms with Crippen LogP contribution in [0.25, 0.3) is 0 Å². The van der Waals surface area contributed by atoms with E-state index in [1.807, 2.05) is 0 Å². The quantitative estimate of drug-likeness (QED) is 0.622. The first kappa shape index (κ1) is 13.6. The van der Waals surface area contributed by atoms with Crippen LogP contribution in [0.1, 0.15) is 16.1 Å². The molecule has 0 amide bonds. The molecule has 0 aliphatic carbocycles. The van der Waals surface area contributed by atoms with Crippen molar-refractivity contribution in [1.82, 2.24) is 4.98 Å². The molecule has 0 aliphatic heterocycles. The van der Waals surface area contributed by atoms with Crippen molar-refractivity contribution in [2.75, 3.05) is 12.9 Å². The highest BCUT2D eigenvalue weighted by molar-refractivity contribution is 7.99. The van der Waals surface area contributed by atoms with Crippen molar-refractivity contribution in [3.05, 3.63) is 41.5 Å². The van der Waals surface area contributed by atoms with Crippen LogP contribution in [0.5, 0.6) is 5.75 Å². The molecule has 0 atom stereocenters. The molecule has 2 aromatic rings. The van der Waals surface area contributed by atoms with Crippen molar-refractivity contribution in [3.63, 3.8) is 0 Å². The molecule has 0 aliphatic rings. The monoisotopic (exact) mass is 281 g/mol. The lowest BCUT2D eigenvalue weighted by Gasteiger charge is -2.03. The van der Waals surface area contributed by atoms with Gasteiger partial charge < -0.3 is 9.15 Å². The number of halogens is 1. The van der Waals surface area contributed by atoms with Gasteiger partial charge in [-0.15, -0.1) is 0 Å². The lowest BCUT2D eigenvalue weighted by molar-refractivity contribution is 0.102. The molecule has 0 fully saturated rings. The molecular weight excluding hydrogens is 269 g/mol. The van der Waals surface area contributed by atoms with Crippen LogP contribution in [0.3, 0.4) is 0 Å². The van der Waals surface area contributed by atoms with Gasteiger partial charge in [-0.2, -0.15) is 0 Å². The van der Waals surface area contributed by atoms with Crippen LogP contribution < -0.4 is 4.74 Å². The Morgan fingerprint density at radius 1 is 1.53 bits per heavy atom. The summed E-state index contributed by atoms with van der Waals surface area (Å²) in [6.07, 6.45) is 1.51. The van der Waals surface area contributed by atoms with Crippen LogP contribution in [0.15, 0.2) is 34.1 Å².